The number of hydrogen-bond acceptors (Lipinski definition) is 2. The van der Waals surface area contributed by atoms with Crippen LogP contribution in [0.2, 0.25) is 0 Å². The minimum Gasteiger partial charge on any atom is -0.314 e. The van der Waals surface area contributed by atoms with Gasteiger partial charge in [0.25, 0.3) is 0 Å². The number of hydrogen-bond donors (Lipinski definition) is 1. The van der Waals surface area contributed by atoms with Crippen molar-refractivity contribution < 1.29 is 0 Å². The fourth-order valence-electron chi connectivity index (χ4n) is 3.34. The molecule has 3 nitrogen and oxygen atoms in total. The zero-order chi connectivity index (χ0) is 13.5. The van der Waals surface area contributed by atoms with E-state index in [1.165, 1.54) is 57.2 Å². The Morgan fingerprint density at radius 2 is 2.21 bits per heavy atom. The van der Waals surface area contributed by atoms with Crippen LogP contribution in [0, 0.1) is 5.92 Å². The second-order valence-electron chi connectivity index (χ2n) is 5.94. The maximum atomic E-state index is 4.24. The molecule has 1 fully saturated rings. The normalized spacial score (nSPS) is 18.0. The van der Waals surface area contributed by atoms with Gasteiger partial charge in [-0.05, 0) is 57.1 Å². The Balaban J connectivity index is 1.77. The van der Waals surface area contributed by atoms with Crippen molar-refractivity contribution >= 4 is 0 Å². The number of aryl methyl sites for hydroxylation is 2. The second-order valence-corrected chi connectivity index (χ2v) is 5.94. The molecule has 1 N–H and O–H groups in total. The molecule has 1 atom stereocenters. The van der Waals surface area contributed by atoms with Gasteiger partial charge in [0.05, 0.1) is 0 Å². The summed E-state index contributed by atoms with van der Waals surface area (Å²) >= 11 is 0. The highest BCUT2D eigenvalue weighted by Crippen LogP contribution is 2.29. The first-order chi connectivity index (χ1) is 9.31. The van der Waals surface area contributed by atoms with Crippen molar-refractivity contribution in [3.63, 3.8) is 0 Å². The van der Waals surface area contributed by atoms with Gasteiger partial charge in [-0.1, -0.05) is 19.8 Å². The van der Waals surface area contributed by atoms with Gasteiger partial charge in [0.15, 0.2) is 0 Å². The minimum absolute atomic E-state index is 0.746. The van der Waals surface area contributed by atoms with E-state index in [0.29, 0.717) is 0 Å². The molecule has 1 aromatic heterocycles. The van der Waals surface area contributed by atoms with Gasteiger partial charge < -0.3 is 5.32 Å². The number of nitrogens with zero attached hydrogens (tertiary/aromatic N) is 2. The van der Waals surface area contributed by atoms with Gasteiger partial charge in [-0.3, -0.25) is 4.68 Å². The number of aromatic nitrogens is 2. The lowest BCUT2D eigenvalue weighted by molar-refractivity contribution is 0.334. The average molecular weight is 263 g/mol. The van der Waals surface area contributed by atoms with Crippen molar-refractivity contribution in [3.05, 3.63) is 18.0 Å². The molecular formula is C16H29N3. The van der Waals surface area contributed by atoms with Crippen LogP contribution in [-0.2, 0) is 13.5 Å². The topological polar surface area (TPSA) is 29.9 Å². The van der Waals surface area contributed by atoms with Crippen molar-refractivity contribution in [2.75, 3.05) is 6.54 Å². The van der Waals surface area contributed by atoms with Crippen LogP contribution in [0.4, 0.5) is 0 Å². The van der Waals surface area contributed by atoms with E-state index in [4.69, 9.17) is 0 Å². The Morgan fingerprint density at radius 1 is 1.42 bits per heavy atom. The molecule has 1 aliphatic rings. The molecule has 0 aromatic carbocycles. The summed E-state index contributed by atoms with van der Waals surface area (Å²) in [5.41, 5.74) is 1.36. The molecule has 0 radical (unpaired) electrons. The van der Waals surface area contributed by atoms with E-state index >= 15 is 0 Å². The highest BCUT2D eigenvalue weighted by molar-refractivity contribution is 5.00. The van der Waals surface area contributed by atoms with Crippen molar-refractivity contribution in [2.45, 2.75) is 64.3 Å². The van der Waals surface area contributed by atoms with E-state index in [0.717, 1.165) is 18.4 Å². The van der Waals surface area contributed by atoms with Crippen LogP contribution >= 0.6 is 0 Å². The van der Waals surface area contributed by atoms with E-state index in [9.17, 15) is 0 Å². The third-order valence-corrected chi connectivity index (χ3v) is 4.50. The summed E-state index contributed by atoms with van der Waals surface area (Å²) in [6.07, 6.45) is 12.7. The van der Waals surface area contributed by atoms with Crippen molar-refractivity contribution in [2.24, 2.45) is 13.0 Å². The van der Waals surface area contributed by atoms with Gasteiger partial charge in [0, 0.05) is 25.0 Å². The standard InChI is InChI=1S/C16H29N3/c1-3-12-17-16(14-7-4-5-8-14)10-6-9-15-11-13-18-19(15)2/h11,13-14,16-17H,3-10,12H2,1-2H3. The summed E-state index contributed by atoms with van der Waals surface area (Å²) in [5.74, 6) is 0.929. The van der Waals surface area contributed by atoms with E-state index in [-0.39, 0.29) is 0 Å². The Labute approximate surface area is 117 Å². The molecule has 0 bridgehead atoms. The lowest BCUT2D eigenvalue weighted by Gasteiger charge is -2.24. The molecule has 1 aliphatic carbocycles. The third-order valence-electron chi connectivity index (χ3n) is 4.50. The highest BCUT2D eigenvalue weighted by atomic mass is 15.2. The first-order valence-corrected chi connectivity index (χ1v) is 8.01. The summed E-state index contributed by atoms with van der Waals surface area (Å²) in [4.78, 5) is 0. The van der Waals surface area contributed by atoms with Crippen LogP contribution < -0.4 is 5.32 Å². The zero-order valence-corrected chi connectivity index (χ0v) is 12.6. The molecule has 1 aromatic rings. The molecule has 1 saturated carbocycles. The van der Waals surface area contributed by atoms with Crippen LogP contribution in [0.15, 0.2) is 12.3 Å². The predicted octanol–water partition coefficient (Wildman–Crippen LogP) is 3.30. The van der Waals surface area contributed by atoms with Gasteiger partial charge in [0.2, 0.25) is 0 Å². The molecule has 0 aliphatic heterocycles. The molecule has 0 saturated heterocycles. The van der Waals surface area contributed by atoms with Gasteiger partial charge in [-0.15, -0.1) is 0 Å². The molecule has 2 rings (SSSR count). The lowest BCUT2D eigenvalue weighted by atomic mass is 9.93. The van der Waals surface area contributed by atoms with E-state index < -0.39 is 0 Å². The Morgan fingerprint density at radius 3 is 2.84 bits per heavy atom. The summed E-state index contributed by atoms with van der Waals surface area (Å²) in [7, 11) is 2.04. The Bertz CT molecular complexity index is 353. The van der Waals surface area contributed by atoms with Crippen LogP contribution in [-0.4, -0.2) is 22.4 Å². The van der Waals surface area contributed by atoms with Crippen molar-refractivity contribution in [1.82, 2.24) is 15.1 Å². The molecular weight excluding hydrogens is 234 g/mol. The van der Waals surface area contributed by atoms with Crippen LogP contribution in [0.25, 0.3) is 0 Å². The van der Waals surface area contributed by atoms with E-state index in [1.807, 2.05) is 17.9 Å². The van der Waals surface area contributed by atoms with Crippen molar-refractivity contribution in [3.8, 4) is 0 Å². The zero-order valence-electron chi connectivity index (χ0n) is 12.6. The molecule has 3 heteroatoms. The largest absolute Gasteiger partial charge is 0.314 e. The smallest absolute Gasteiger partial charge is 0.0492 e. The fraction of sp³-hybridized carbons (Fsp3) is 0.812. The van der Waals surface area contributed by atoms with Crippen LogP contribution in [0.1, 0.15) is 57.6 Å². The summed E-state index contributed by atoms with van der Waals surface area (Å²) in [5, 5.41) is 8.03. The predicted molar refractivity (Wildman–Crippen MR) is 80.2 cm³/mol. The molecule has 1 heterocycles. The van der Waals surface area contributed by atoms with Gasteiger partial charge in [0.1, 0.15) is 0 Å². The summed E-state index contributed by atoms with van der Waals surface area (Å²) in [6.45, 7) is 3.43. The Kier molecular flexibility index (Phi) is 5.90. The summed E-state index contributed by atoms with van der Waals surface area (Å²) in [6, 6.07) is 2.89. The quantitative estimate of drug-likeness (QED) is 0.780. The molecule has 1 unspecified atom stereocenters. The first kappa shape index (κ1) is 14.6. The SMILES string of the molecule is CCCNC(CCCc1ccnn1C)C1CCCC1. The number of nitrogens with one attached hydrogen (secondary N) is 1. The maximum Gasteiger partial charge on any atom is 0.0492 e. The van der Waals surface area contributed by atoms with E-state index in [2.05, 4.69) is 23.4 Å². The first-order valence-electron chi connectivity index (χ1n) is 8.01. The van der Waals surface area contributed by atoms with Crippen molar-refractivity contribution in [1.29, 1.82) is 0 Å². The van der Waals surface area contributed by atoms with Gasteiger partial charge in [-0.2, -0.15) is 5.10 Å². The minimum atomic E-state index is 0.746. The molecule has 19 heavy (non-hydrogen) atoms. The Hall–Kier alpha value is -0.830. The monoisotopic (exact) mass is 263 g/mol. The average Bonchev–Trinajstić information content (AvgIpc) is 3.06. The fourth-order valence-corrected chi connectivity index (χ4v) is 3.34. The number of rotatable bonds is 8. The van der Waals surface area contributed by atoms with Crippen LogP contribution in [0.5, 0.6) is 0 Å². The lowest BCUT2D eigenvalue weighted by Crippen LogP contribution is -2.35. The van der Waals surface area contributed by atoms with E-state index in [1.54, 1.807) is 0 Å². The summed E-state index contributed by atoms with van der Waals surface area (Å²) < 4.78 is 2.00. The van der Waals surface area contributed by atoms with Crippen LogP contribution in [0.3, 0.4) is 0 Å². The molecule has 108 valence electrons. The van der Waals surface area contributed by atoms with Gasteiger partial charge in [-0.25, -0.2) is 0 Å². The maximum absolute atomic E-state index is 4.24. The molecule has 0 spiro atoms. The highest BCUT2D eigenvalue weighted by Gasteiger charge is 2.23. The third kappa shape index (κ3) is 4.34. The molecule has 0 amide bonds. The van der Waals surface area contributed by atoms with Gasteiger partial charge >= 0.3 is 0 Å². The second kappa shape index (κ2) is 7.68.